The Morgan fingerprint density at radius 2 is 1.98 bits per heavy atom. The molecule has 1 aliphatic heterocycles. The molecular formula is C28H22F4N6O3. The third-order valence-electron chi connectivity index (χ3n) is 6.23. The quantitative estimate of drug-likeness (QED) is 0.286. The molecule has 1 saturated heterocycles. The van der Waals surface area contributed by atoms with Crippen LogP contribution >= 0.6 is 0 Å². The van der Waals surface area contributed by atoms with Gasteiger partial charge >= 0.3 is 6.18 Å². The number of aliphatic hydroxyl groups excluding tert-OH is 1. The first-order chi connectivity index (χ1) is 19.4. The van der Waals surface area contributed by atoms with E-state index in [0.717, 1.165) is 29.0 Å². The summed E-state index contributed by atoms with van der Waals surface area (Å²) < 4.78 is 55.9. The summed E-state index contributed by atoms with van der Waals surface area (Å²) >= 11 is 0. The lowest BCUT2D eigenvalue weighted by molar-refractivity contribution is -0.137. The number of aryl methyl sites for hydroxylation is 1. The lowest BCUT2D eigenvalue weighted by Gasteiger charge is -2.31. The van der Waals surface area contributed by atoms with Gasteiger partial charge in [-0.05, 0) is 55.3 Å². The van der Waals surface area contributed by atoms with E-state index in [1.165, 1.54) is 41.1 Å². The zero-order valence-corrected chi connectivity index (χ0v) is 21.6. The third kappa shape index (κ3) is 6.26. The molecule has 0 bridgehead atoms. The Morgan fingerprint density at radius 3 is 2.61 bits per heavy atom. The average Bonchev–Trinajstić information content (AvgIpc) is 3.57. The molecule has 1 aromatic carbocycles. The molecular weight excluding hydrogens is 544 g/mol. The molecule has 0 radical (unpaired) electrons. The van der Waals surface area contributed by atoms with Gasteiger partial charge in [-0.15, -0.1) is 0 Å². The van der Waals surface area contributed by atoms with Crippen LogP contribution in [0, 0.1) is 35.9 Å². The minimum Gasteiger partial charge on any atom is -0.391 e. The highest BCUT2D eigenvalue weighted by Gasteiger charge is 2.43. The molecule has 1 N–H and O–H groups in total. The van der Waals surface area contributed by atoms with E-state index in [1.807, 2.05) is 0 Å². The Bertz CT molecular complexity index is 1600. The van der Waals surface area contributed by atoms with E-state index in [0.29, 0.717) is 0 Å². The number of anilines is 2. The van der Waals surface area contributed by atoms with E-state index in [1.54, 1.807) is 6.07 Å². The molecule has 1 fully saturated rings. The highest BCUT2D eigenvalue weighted by atomic mass is 19.4. The second kappa shape index (κ2) is 11.6. The Morgan fingerprint density at radius 1 is 1.27 bits per heavy atom. The summed E-state index contributed by atoms with van der Waals surface area (Å²) in [6, 6.07) is 7.45. The number of rotatable bonds is 5. The number of allylic oxidation sites excluding steroid dienone is 1. The summed E-state index contributed by atoms with van der Waals surface area (Å²) in [5.74, 6) is 3.40. The van der Waals surface area contributed by atoms with Crippen LogP contribution in [-0.4, -0.2) is 56.9 Å². The lowest BCUT2D eigenvalue weighted by atomic mass is 10.1. The van der Waals surface area contributed by atoms with Crippen molar-refractivity contribution in [1.29, 1.82) is 5.26 Å². The van der Waals surface area contributed by atoms with Crippen LogP contribution < -0.4 is 9.80 Å². The van der Waals surface area contributed by atoms with Crippen molar-refractivity contribution in [3.05, 3.63) is 83.6 Å². The first-order valence-corrected chi connectivity index (χ1v) is 12.1. The molecule has 210 valence electrons. The smallest absolute Gasteiger partial charge is 0.391 e. The molecule has 3 heterocycles. The van der Waals surface area contributed by atoms with Crippen molar-refractivity contribution in [3.63, 3.8) is 0 Å². The van der Waals surface area contributed by atoms with Crippen LogP contribution in [0.2, 0.25) is 0 Å². The molecule has 41 heavy (non-hydrogen) atoms. The van der Waals surface area contributed by atoms with E-state index in [-0.39, 0.29) is 42.4 Å². The van der Waals surface area contributed by atoms with Gasteiger partial charge in [-0.2, -0.15) is 23.5 Å². The number of nitrogens with zero attached hydrogens (tertiary/aromatic N) is 6. The fraction of sp³-hybridized carbons (Fsp3) is 0.250. The maximum Gasteiger partial charge on any atom is 0.417 e. The summed E-state index contributed by atoms with van der Waals surface area (Å²) in [5, 5.41) is 24.1. The van der Waals surface area contributed by atoms with Gasteiger partial charge in [-0.3, -0.25) is 14.5 Å². The predicted molar refractivity (Wildman–Crippen MR) is 139 cm³/mol. The van der Waals surface area contributed by atoms with Crippen LogP contribution in [0.3, 0.4) is 0 Å². The van der Waals surface area contributed by atoms with Gasteiger partial charge in [-0.25, -0.2) is 14.1 Å². The van der Waals surface area contributed by atoms with Crippen molar-refractivity contribution >= 4 is 23.3 Å². The average molecular weight is 567 g/mol. The molecule has 1 aliphatic rings. The number of hydrogen-bond acceptors (Lipinski definition) is 7. The van der Waals surface area contributed by atoms with Crippen molar-refractivity contribution in [3.8, 4) is 17.9 Å². The number of aromatic nitrogens is 3. The van der Waals surface area contributed by atoms with Gasteiger partial charge in [0.05, 0.1) is 18.2 Å². The third-order valence-corrected chi connectivity index (χ3v) is 6.23. The van der Waals surface area contributed by atoms with Crippen molar-refractivity contribution in [2.45, 2.75) is 31.7 Å². The fourth-order valence-electron chi connectivity index (χ4n) is 4.39. The van der Waals surface area contributed by atoms with Crippen molar-refractivity contribution < 1.29 is 32.3 Å². The molecule has 0 spiro atoms. The molecule has 0 saturated carbocycles. The van der Waals surface area contributed by atoms with Crippen molar-refractivity contribution in [2.75, 3.05) is 22.9 Å². The number of pyridine rings is 1. The molecule has 2 aromatic heterocycles. The molecule has 1 amide bonds. The van der Waals surface area contributed by atoms with E-state index < -0.39 is 47.1 Å². The summed E-state index contributed by atoms with van der Waals surface area (Å²) in [4.78, 5) is 32.1. The zero-order valence-electron chi connectivity index (χ0n) is 21.6. The van der Waals surface area contributed by atoms with Crippen LogP contribution in [-0.2, 0) is 11.0 Å². The maximum absolute atomic E-state index is 13.9. The normalized spacial score (nSPS) is 16.5. The van der Waals surface area contributed by atoms with Crippen molar-refractivity contribution in [1.82, 2.24) is 14.8 Å². The van der Waals surface area contributed by atoms with Gasteiger partial charge in [0.25, 0.3) is 11.8 Å². The van der Waals surface area contributed by atoms with Crippen LogP contribution in [0.5, 0.6) is 0 Å². The highest BCUT2D eigenvalue weighted by Crippen LogP contribution is 2.38. The number of halogens is 4. The second-order valence-corrected chi connectivity index (χ2v) is 9.07. The van der Waals surface area contributed by atoms with Crippen LogP contribution in [0.4, 0.5) is 29.1 Å². The standard InChI is InChI=1S/C28H22F4N6O3/c1-3-25(40)38-12-10-19(35-38)5-4-11-36(20-8-6-18(29)7-9-20)27(41)24-14-21(39)16-37(24)26-22(15-33)23(28(30,31)32)13-17(2)34-26/h3,6-10,12-13,21,24,39H,1,11,14,16H2,2H3/t21-,24-/m0/s1. The number of hydrogen-bond donors (Lipinski definition) is 1. The van der Waals surface area contributed by atoms with Gasteiger partial charge in [0.2, 0.25) is 0 Å². The van der Waals surface area contributed by atoms with Crippen LogP contribution in [0.25, 0.3) is 0 Å². The number of aliphatic hydroxyl groups is 1. The van der Waals surface area contributed by atoms with Gasteiger partial charge in [-0.1, -0.05) is 12.5 Å². The van der Waals surface area contributed by atoms with Gasteiger partial charge < -0.3 is 10.0 Å². The van der Waals surface area contributed by atoms with E-state index >= 15 is 0 Å². The SMILES string of the molecule is C=CC(=O)n1ccc(C#CCN(C(=O)[C@@H]2C[C@H](O)CN2c2nc(C)cc(C(F)(F)F)c2C#N)c2ccc(F)cc2)n1. The van der Waals surface area contributed by atoms with Gasteiger partial charge in [0, 0.05) is 30.5 Å². The number of alkyl halides is 3. The predicted octanol–water partition coefficient (Wildman–Crippen LogP) is 3.47. The molecule has 4 rings (SSSR count). The van der Waals surface area contributed by atoms with Gasteiger partial charge in [0.15, 0.2) is 0 Å². The minimum absolute atomic E-state index is 0.0328. The number of carbonyl (C=O) groups excluding carboxylic acids is 2. The summed E-state index contributed by atoms with van der Waals surface area (Å²) in [6.45, 7) is 4.19. The minimum atomic E-state index is -4.86. The van der Waals surface area contributed by atoms with Crippen LogP contribution in [0.1, 0.15) is 33.7 Å². The Labute approximate surface area is 231 Å². The summed E-state index contributed by atoms with van der Waals surface area (Å²) in [6.07, 6.45) is -3.69. The number of nitriles is 1. The Hall–Kier alpha value is -5.01. The van der Waals surface area contributed by atoms with E-state index in [2.05, 4.69) is 28.5 Å². The number of amides is 1. The zero-order chi connectivity index (χ0) is 29.9. The molecule has 3 aromatic rings. The number of carbonyl (C=O) groups is 2. The first-order valence-electron chi connectivity index (χ1n) is 12.1. The highest BCUT2D eigenvalue weighted by molar-refractivity contribution is 6.00. The summed E-state index contributed by atoms with van der Waals surface area (Å²) in [5.41, 5.74) is -1.56. The molecule has 0 aliphatic carbocycles. The maximum atomic E-state index is 13.9. The van der Waals surface area contributed by atoms with Gasteiger partial charge in [0.1, 0.15) is 35.0 Å². The van der Waals surface area contributed by atoms with E-state index in [9.17, 15) is 37.5 Å². The molecule has 2 atom stereocenters. The lowest BCUT2D eigenvalue weighted by Crippen LogP contribution is -2.47. The fourth-order valence-corrected chi connectivity index (χ4v) is 4.39. The van der Waals surface area contributed by atoms with Crippen LogP contribution in [0.15, 0.2) is 55.3 Å². The first kappa shape index (κ1) is 29.0. The molecule has 0 unspecified atom stereocenters. The molecule has 9 nitrogen and oxygen atoms in total. The molecule has 13 heteroatoms. The van der Waals surface area contributed by atoms with Crippen molar-refractivity contribution in [2.24, 2.45) is 0 Å². The summed E-state index contributed by atoms with van der Waals surface area (Å²) in [7, 11) is 0. The monoisotopic (exact) mass is 566 g/mol. The largest absolute Gasteiger partial charge is 0.417 e. The van der Waals surface area contributed by atoms with E-state index in [4.69, 9.17) is 0 Å². The Kier molecular flexibility index (Phi) is 8.21. The number of benzene rings is 1. The second-order valence-electron chi connectivity index (χ2n) is 9.07. The number of β-amino-alcohol motifs (C(OH)–C–C–N with tert-alkyl or cyclic N) is 1. The Balaban J connectivity index is 1.72. The topological polar surface area (TPSA) is 115 Å².